The summed E-state index contributed by atoms with van der Waals surface area (Å²) in [4.78, 5) is 0.110. The van der Waals surface area contributed by atoms with E-state index in [1.165, 1.54) is 26.4 Å². The van der Waals surface area contributed by atoms with Gasteiger partial charge in [0.2, 0.25) is 10.0 Å². The van der Waals surface area contributed by atoms with Gasteiger partial charge in [0.25, 0.3) is 0 Å². The molecule has 7 heteroatoms. The van der Waals surface area contributed by atoms with Gasteiger partial charge in [-0.05, 0) is 37.2 Å². The van der Waals surface area contributed by atoms with Gasteiger partial charge in [0.05, 0.1) is 19.2 Å². The molecule has 0 atom stereocenters. The zero-order chi connectivity index (χ0) is 16.0. The van der Waals surface area contributed by atoms with Crippen molar-refractivity contribution in [2.75, 3.05) is 27.3 Å². The summed E-state index contributed by atoms with van der Waals surface area (Å²) in [6, 6.07) is 2.94. The zero-order valence-electron chi connectivity index (χ0n) is 12.8. The van der Waals surface area contributed by atoms with Gasteiger partial charge in [0.1, 0.15) is 16.4 Å². The van der Waals surface area contributed by atoms with E-state index in [-0.39, 0.29) is 21.1 Å². The molecular weight excluding hydrogens is 326 g/mol. The predicted octanol–water partition coefficient (Wildman–Crippen LogP) is 2.92. The first-order valence-corrected chi connectivity index (χ1v) is 9.15. The van der Waals surface area contributed by atoms with Crippen molar-refractivity contribution in [1.82, 2.24) is 4.31 Å². The second-order valence-corrected chi connectivity index (χ2v) is 8.39. The Morgan fingerprint density at radius 2 is 1.82 bits per heavy atom. The van der Waals surface area contributed by atoms with Gasteiger partial charge in [-0.15, -0.1) is 0 Å². The number of methoxy groups -OCH3 is 2. The minimum atomic E-state index is -3.61. The van der Waals surface area contributed by atoms with Gasteiger partial charge in [0.15, 0.2) is 0 Å². The molecule has 2 fully saturated rings. The maximum atomic E-state index is 13.0. The lowest BCUT2D eigenvalue weighted by Gasteiger charge is -2.32. The molecule has 0 N–H and O–H groups in total. The van der Waals surface area contributed by atoms with Crippen LogP contribution < -0.4 is 9.47 Å². The molecule has 0 bridgehead atoms. The number of hydrogen-bond acceptors (Lipinski definition) is 4. The average molecular weight is 346 g/mol. The lowest BCUT2D eigenvalue weighted by atomic mass is 9.97. The maximum absolute atomic E-state index is 13.0. The van der Waals surface area contributed by atoms with Gasteiger partial charge in [-0.25, -0.2) is 8.42 Å². The molecule has 1 aliphatic carbocycles. The summed E-state index contributed by atoms with van der Waals surface area (Å²) in [6.45, 7) is 1.15. The molecule has 1 spiro atoms. The van der Waals surface area contributed by atoms with Crippen LogP contribution in [0.4, 0.5) is 0 Å². The van der Waals surface area contributed by atoms with Gasteiger partial charge in [-0.1, -0.05) is 11.6 Å². The Hall–Kier alpha value is -0.980. The van der Waals surface area contributed by atoms with Crippen molar-refractivity contribution in [1.29, 1.82) is 0 Å². The predicted molar refractivity (Wildman–Crippen MR) is 84.2 cm³/mol. The first kappa shape index (κ1) is 15.9. The molecule has 22 heavy (non-hydrogen) atoms. The van der Waals surface area contributed by atoms with Crippen molar-refractivity contribution in [3.05, 3.63) is 17.2 Å². The van der Waals surface area contributed by atoms with Gasteiger partial charge in [-0.3, -0.25) is 0 Å². The van der Waals surface area contributed by atoms with E-state index in [0.29, 0.717) is 18.8 Å². The first-order valence-electron chi connectivity index (χ1n) is 7.34. The number of nitrogens with zero attached hydrogens (tertiary/aromatic N) is 1. The summed E-state index contributed by atoms with van der Waals surface area (Å²) < 4.78 is 37.9. The molecule has 3 rings (SSSR count). The molecule has 122 valence electrons. The number of ether oxygens (including phenoxy) is 2. The first-order chi connectivity index (χ1) is 10.4. The second kappa shape index (κ2) is 5.58. The van der Waals surface area contributed by atoms with Gasteiger partial charge in [0, 0.05) is 19.2 Å². The molecular formula is C15H20ClNO4S. The number of piperidine rings is 1. The Balaban J connectivity index is 1.99. The molecule has 1 saturated heterocycles. The highest BCUT2D eigenvalue weighted by atomic mass is 35.5. The molecule has 0 unspecified atom stereocenters. The summed E-state index contributed by atoms with van der Waals surface area (Å²) in [5.41, 5.74) is 0.217. The van der Waals surface area contributed by atoms with Crippen molar-refractivity contribution in [2.24, 2.45) is 5.41 Å². The molecule has 2 aliphatic rings. The molecule has 1 heterocycles. The van der Waals surface area contributed by atoms with E-state index in [9.17, 15) is 8.42 Å². The van der Waals surface area contributed by atoms with Crippen LogP contribution >= 0.6 is 11.6 Å². The lowest BCUT2D eigenvalue weighted by molar-refractivity contribution is 0.248. The van der Waals surface area contributed by atoms with Gasteiger partial charge < -0.3 is 9.47 Å². The average Bonchev–Trinajstić information content (AvgIpc) is 3.25. The van der Waals surface area contributed by atoms with E-state index >= 15 is 0 Å². The van der Waals surface area contributed by atoms with Crippen molar-refractivity contribution in [3.63, 3.8) is 0 Å². The van der Waals surface area contributed by atoms with Crippen LogP contribution in [0.5, 0.6) is 11.5 Å². The number of benzene rings is 1. The monoisotopic (exact) mass is 345 g/mol. The SMILES string of the molecule is COc1cc(OC)c(S(=O)(=O)N2CCCC3(CC3)C2)cc1Cl. The molecule has 1 aromatic rings. The summed E-state index contributed by atoms with van der Waals surface area (Å²) >= 11 is 6.11. The molecule has 0 aromatic heterocycles. The number of hydrogen-bond donors (Lipinski definition) is 0. The van der Waals surface area contributed by atoms with Gasteiger partial charge >= 0.3 is 0 Å². The minimum absolute atomic E-state index is 0.110. The van der Waals surface area contributed by atoms with Crippen molar-refractivity contribution < 1.29 is 17.9 Å². The standard InChI is InChI=1S/C15H20ClNO4S/c1-20-12-9-13(21-2)14(8-11(12)16)22(18,19)17-7-3-4-15(10-17)5-6-15/h8-9H,3-7,10H2,1-2H3. The van der Waals surface area contributed by atoms with Crippen LogP contribution in [-0.4, -0.2) is 40.0 Å². The van der Waals surface area contributed by atoms with Crippen LogP contribution in [-0.2, 0) is 10.0 Å². The molecule has 5 nitrogen and oxygen atoms in total. The highest BCUT2D eigenvalue weighted by molar-refractivity contribution is 7.89. The zero-order valence-corrected chi connectivity index (χ0v) is 14.3. The molecule has 1 saturated carbocycles. The summed E-state index contributed by atoms with van der Waals surface area (Å²) in [6.07, 6.45) is 4.28. The number of sulfonamides is 1. The second-order valence-electron chi connectivity index (χ2n) is 6.08. The van der Waals surface area contributed by atoms with E-state index in [4.69, 9.17) is 21.1 Å². The maximum Gasteiger partial charge on any atom is 0.246 e. The van der Waals surface area contributed by atoms with Crippen LogP contribution in [0.1, 0.15) is 25.7 Å². The third kappa shape index (κ3) is 2.68. The van der Waals surface area contributed by atoms with E-state index in [2.05, 4.69) is 0 Å². The Morgan fingerprint density at radius 1 is 1.14 bits per heavy atom. The minimum Gasteiger partial charge on any atom is -0.495 e. The Kier molecular flexibility index (Phi) is 4.03. The van der Waals surface area contributed by atoms with Crippen molar-refractivity contribution in [3.8, 4) is 11.5 Å². The Labute approximate surface area is 136 Å². The summed E-state index contributed by atoms with van der Waals surface area (Å²) in [5.74, 6) is 0.659. The molecule has 1 aromatic carbocycles. The third-order valence-electron chi connectivity index (χ3n) is 4.64. The lowest BCUT2D eigenvalue weighted by Crippen LogP contribution is -2.40. The molecule has 1 aliphatic heterocycles. The van der Waals surface area contributed by atoms with Gasteiger partial charge in [-0.2, -0.15) is 4.31 Å². The third-order valence-corrected chi connectivity index (χ3v) is 6.80. The smallest absolute Gasteiger partial charge is 0.246 e. The number of rotatable bonds is 4. The topological polar surface area (TPSA) is 55.8 Å². The van der Waals surface area contributed by atoms with Crippen LogP contribution in [0.2, 0.25) is 5.02 Å². The van der Waals surface area contributed by atoms with E-state index in [0.717, 1.165) is 25.7 Å². The van der Waals surface area contributed by atoms with Crippen LogP contribution in [0, 0.1) is 5.41 Å². The van der Waals surface area contributed by atoms with E-state index in [1.807, 2.05) is 0 Å². The van der Waals surface area contributed by atoms with Crippen LogP contribution in [0.15, 0.2) is 17.0 Å². The molecule has 0 radical (unpaired) electrons. The van der Waals surface area contributed by atoms with Crippen LogP contribution in [0.3, 0.4) is 0 Å². The summed E-state index contributed by atoms with van der Waals surface area (Å²) in [5, 5.41) is 0.264. The fourth-order valence-electron chi connectivity index (χ4n) is 3.13. The van der Waals surface area contributed by atoms with Crippen molar-refractivity contribution in [2.45, 2.75) is 30.6 Å². The summed E-state index contributed by atoms with van der Waals surface area (Å²) in [7, 11) is -0.688. The Bertz CT molecular complexity index is 685. The highest BCUT2D eigenvalue weighted by Gasteiger charge is 2.48. The number of halogens is 1. The van der Waals surface area contributed by atoms with E-state index in [1.54, 1.807) is 4.31 Å². The van der Waals surface area contributed by atoms with E-state index < -0.39 is 10.0 Å². The normalized spacial score (nSPS) is 20.9. The van der Waals surface area contributed by atoms with Crippen molar-refractivity contribution >= 4 is 21.6 Å². The fourth-order valence-corrected chi connectivity index (χ4v) is 5.19. The Morgan fingerprint density at radius 3 is 2.41 bits per heavy atom. The fraction of sp³-hybridized carbons (Fsp3) is 0.600. The highest BCUT2D eigenvalue weighted by Crippen LogP contribution is 2.53. The van der Waals surface area contributed by atoms with Crippen LogP contribution in [0.25, 0.3) is 0 Å². The largest absolute Gasteiger partial charge is 0.495 e. The quantitative estimate of drug-likeness (QED) is 0.842. The molecule has 0 amide bonds.